The van der Waals surface area contributed by atoms with Crippen LogP contribution in [0.15, 0.2) is 0 Å². The summed E-state index contributed by atoms with van der Waals surface area (Å²) < 4.78 is 0. The van der Waals surface area contributed by atoms with Gasteiger partial charge < -0.3 is 5.32 Å². The van der Waals surface area contributed by atoms with E-state index in [0.29, 0.717) is 12.2 Å². The van der Waals surface area contributed by atoms with Gasteiger partial charge in [0.25, 0.3) is 0 Å². The van der Waals surface area contributed by atoms with E-state index in [-0.39, 0.29) is 5.25 Å². The smallest absolute Gasteiger partial charge is 0.146 e. The summed E-state index contributed by atoms with van der Waals surface area (Å²) in [5.74, 6) is 1.47. The van der Waals surface area contributed by atoms with Crippen molar-refractivity contribution in [2.24, 2.45) is 0 Å². The first-order valence-corrected chi connectivity index (χ1v) is 4.74. The monoisotopic (exact) mass is 159 g/mol. The van der Waals surface area contributed by atoms with E-state index in [0.717, 1.165) is 18.8 Å². The molecule has 0 saturated carbocycles. The van der Waals surface area contributed by atoms with Gasteiger partial charge in [0, 0.05) is 25.3 Å². The Morgan fingerprint density at radius 2 is 2.60 bits per heavy atom. The predicted octanol–water partition coefficient (Wildman–Crippen LogP) is 0.671. The van der Waals surface area contributed by atoms with Crippen LogP contribution in [0.3, 0.4) is 0 Å². The molecule has 10 heavy (non-hydrogen) atoms. The minimum Gasteiger partial charge on any atom is -0.314 e. The summed E-state index contributed by atoms with van der Waals surface area (Å²) in [6.45, 7) is 3.85. The molecule has 0 aromatic carbocycles. The Hall–Kier alpha value is -0.0200. The molecule has 2 nitrogen and oxygen atoms in total. The van der Waals surface area contributed by atoms with E-state index in [1.807, 2.05) is 6.92 Å². The second-order valence-corrected chi connectivity index (χ2v) is 3.69. The summed E-state index contributed by atoms with van der Waals surface area (Å²) in [4.78, 5) is 11.1. The molecule has 58 valence electrons. The van der Waals surface area contributed by atoms with E-state index in [9.17, 15) is 4.79 Å². The van der Waals surface area contributed by atoms with Gasteiger partial charge in [0.05, 0.1) is 5.25 Å². The van der Waals surface area contributed by atoms with E-state index in [1.165, 1.54) is 0 Å². The lowest BCUT2D eigenvalue weighted by Crippen LogP contribution is -2.37. The summed E-state index contributed by atoms with van der Waals surface area (Å²) in [6.07, 6.45) is 0.680. The van der Waals surface area contributed by atoms with Crippen LogP contribution in [0.25, 0.3) is 0 Å². The molecule has 1 heterocycles. The van der Waals surface area contributed by atoms with Gasteiger partial charge in [-0.3, -0.25) is 4.79 Å². The molecule has 1 rings (SSSR count). The fourth-order valence-corrected chi connectivity index (χ4v) is 2.13. The number of Topliss-reactive ketones (excluding diaryl/α,β-unsaturated/α-hetero) is 1. The summed E-state index contributed by atoms with van der Waals surface area (Å²) in [5, 5.41) is 3.44. The normalized spacial score (nSPS) is 26.3. The molecule has 1 unspecified atom stereocenters. The van der Waals surface area contributed by atoms with Crippen molar-refractivity contribution in [3.05, 3.63) is 0 Å². The van der Waals surface area contributed by atoms with Gasteiger partial charge in [0.2, 0.25) is 0 Å². The van der Waals surface area contributed by atoms with Gasteiger partial charge >= 0.3 is 0 Å². The van der Waals surface area contributed by atoms with Crippen molar-refractivity contribution < 1.29 is 4.79 Å². The Morgan fingerprint density at radius 3 is 3.10 bits per heavy atom. The Bertz CT molecular complexity index is 121. The summed E-state index contributed by atoms with van der Waals surface area (Å²) in [5.41, 5.74) is 0. The lowest BCUT2D eigenvalue weighted by Gasteiger charge is -2.20. The van der Waals surface area contributed by atoms with Crippen LogP contribution in [0, 0.1) is 0 Å². The van der Waals surface area contributed by atoms with Crippen molar-refractivity contribution in [3.63, 3.8) is 0 Å². The molecule has 1 aliphatic rings. The van der Waals surface area contributed by atoms with E-state index in [1.54, 1.807) is 11.8 Å². The topological polar surface area (TPSA) is 29.1 Å². The average Bonchev–Trinajstić information content (AvgIpc) is 2.05. The highest BCUT2D eigenvalue weighted by Crippen LogP contribution is 2.14. The quantitative estimate of drug-likeness (QED) is 0.642. The average molecular weight is 159 g/mol. The third kappa shape index (κ3) is 1.99. The zero-order valence-corrected chi connectivity index (χ0v) is 7.04. The largest absolute Gasteiger partial charge is 0.314 e. The van der Waals surface area contributed by atoms with Gasteiger partial charge in [0.1, 0.15) is 5.78 Å². The van der Waals surface area contributed by atoms with Gasteiger partial charge in [-0.2, -0.15) is 0 Å². The molecule has 1 aliphatic heterocycles. The van der Waals surface area contributed by atoms with Crippen molar-refractivity contribution in [1.82, 2.24) is 5.32 Å². The molecule has 0 spiro atoms. The first-order valence-electron chi connectivity index (χ1n) is 3.69. The maximum absolute atomic E-state index is 11.1. The van der Waals surface area contributed by atoms with Crippen molar-refractivity contribution in [3.8, 4) is 0 Å². The molecule has 0 bridgehead atoms. The second kappa shape index (κ2) is 3.98. The van der Waals surface area contributed by atoms with Gasteiger partial charge in [-0.25, -0.2) is 0 Å². The van der Waals surface area contributed by atoms with E-state index < -0.39 is 0 Å². The Kier molecular flexibility index (Phi) is 3.22. The number of thioether (sulfide) groups is 1. The Balaban J connectivity index is 2.31. The van der Waals surface area contributed by atoms with Crippen LogP contribution in [0.5, 0.6) is 0 Å². The van der Waals surface area contributed by atoms with E-state index in [2.05, 4.69) is 5.32 Å². The van der Waals surface area contributed by atoms with Crippen LogP contribution in [0.4, 0.5) is 0 Å². The molecule has 1 N–H and O–H groups in total. The number of carbonyl (C=O) groups excluding carboxylic acids is 1. The minimum atomic E-state index is 0.235. The fourth-order valence-electron chi connectivity index (χ4n) is 1.000. The van der Waals surface area contributed by atoms with Crippen molar-refractivity contribution >= 4 is 17.5 Å². The van der Waals surface area contributed by atoms with Crippen LogP contribution in [-0.4, -0.2) is 29.9 Å². The first kappa shape index (κ1) is 8.08. The van der Waals surface area contributed by atoms with Crippen LogP contribution < -0.4 is 5.32 Å². The third-order valence-corrected chi connectivity index (χ3v) is 2.91. The SMILES string of the molecule is CCC(=O)C1CNCCS1. The lowest BCUT2D eigenvalue weighted by molar-refractivity contribution is -0.118. The maximum Gasteiger partial charge on any atom is 0.146 e. The number of nitrogens with one attached hydrogen (secondary N) is 1. The molecule has 0 radical (unpaired) electrons. The molecule has 1 atom stereocenters. The number of rotatable bonds is 2. The Morgan fingerprint density at radius 1 is 1.80 bits per heavy atom. The highest BCUT2D eigenvalue weighted by atomic mass is 32.2. The highest BCUT2D eigenvalue weighted by Gasteiger charge is 2.18. The van der Waals surface area contributed by atoms with Crippen molar-refractivity contribution in [1.29, 1.82) is 0 Å². The first-order chi connectivity index (χ1) is 4.84. The number of ketones is 1. The number of hydrogen-bond donors (Lipinski definition) is 1. The molecular formula is C7H13NOS. The van der Waals surface area contributed by atoms with Gasteiger partial charge in [-0.1, -0.05) is 6.92 Å². The van der Waals surface area contributed by atoms with Crippen LogP contribution in [-0.2, 0) is 4.79 Å². The van der Waals surface area contributed by atoms with E-state index in [4.69, 9.17) is 0 Å². The fraction of sp³-hybridized carbons (Fsp3) is 0.857. The Labute approximate surface area is 65.8 Å². The van der Waals surface area contributed by atoms with Crippen LogP contribution in [0.1, 0.15) is 13.3 Å². The molecule has 0 amide bonds. The van der Waals surface area contributed by atoms with Crippen molar-refractivity contribution in [2.45, 2.75) is 18.6 Å². The lowest BCUT2D eigenvalue weighted by atomic mass is 10.2. The minimum absolute atomic E-state index is 0.235. The van der Waals surface area contributed by atoms with Crippen LogP contribution >= 0.6 is 11.8 Å². The molecule has 3 heteroatoms. The summed E-state index contributed by atoms with van der Waals surface area (Å²) in [6, 6.07) is 0. The predicted molar refractivity (Wildman–Crippen MR) is 44.4 cm³/mol. The highest BCUT2D eigenvalue weighted by molar-refractivity contribution is 8.00. The standard InChI is InChI=1S/C7H13NOS/c1-2-6(9)7-5-8-3-4-10-7/h7-8H,2-5H2,1H3. The zero-order chi connectivity index (χ0) is 7.40. The molecule has 1 fully saturated rings. The van der Waals surface area contributed by atoms with Gasteiger partial charge in [-0.05, 0) is 0 Å². The molecule has 1 saturated heterocycles. The second-order valence-electron chi connectivity index (χ2n) is 2.38. The third-order valence-electron chi connectivity index (χ3n) is 1.64. The zero-order valence-electron chi connectivity index (χ0n) is 6.22. The van der Waals surface area contributed by atoms with Gasteiger partial charge in [0.15, 0.2) is 0 Å². The number of carbonyl (C=O) groups is 1. The summed E-state index contributed by atoms with van der Waals surface area (Å²) in [7, 11) is 0. The summed E-state index contributed by atoms with van der Waals surface area (Å²) >= 11 is 1.78. The number of hydrogen-bond acceptors (Lipinski definition) is 3. The van der Waals surface area contributed by atoms with E-state index >= 15 is 0 Å². The van der Waals surface area contributed by atoms with Gasteiger partial charge in [-0.15, -0.1) is 11.8 Å². The molecular weight excluding hydrogens is 146 g/mol. The van der Waals surface area contributed by atoms with Crippen LogP contribution in [0.2, 0.25) is 0 Å². The molecule has 0 aliphatic carbocycles. The maximum atomic E-state index is 11.1. The van der Waals surface area contributed by atoms with Crippen molar-refractivity contribution in [2.75, 3.05) is 18.8 Å². The molecule has 0 aromatic rings. The molecule has 0 aromatic heterocycles.